The summed E-state index contributed by atoms with van der Waals surface area (Å²) in [6.45, 7) is 4.23. The van der Waals surface area contributed by atoms with Gasteiger partial charge in [-0.1, -0.05) is 51.8 Å². The van der Waals surface area contributed by atoms with Crippen molar-refractivity contribution in [2.24, 2.45) is 0 Å². The van der Waals surface area contributed by atoms with Crippen LogP contribution >= 0.6 is 27.5 Å². The smallest absolute Gasteiger partial charge is 0.0628 e. The van der Waals surface area contributed by atoms with E-state index >= 15 is 0 Å². The standard InChI is InChI=1S/C16H16BrCl/c1-11-6-7-15(12(2)8-11)16(18)10-13-4-3-5-14(17)9-13/h3-9,16H,10H2,1-2H3. The highest BCUT2D eigenvalue weighted by molar-refractivity contribution is 9.10. The molecule has 0 saturated heterocycles. The Hall–Kier alpha value is -0.790. The number of hydrogen-bond acceptors (Lipinski definition) is 0. The molecule has 94 valence electrons. The Labute approximate surface area is 122 Å². The normalized spacial score (nSPS) is 12.4. The van der Waals surface area contributed by atoms with Gasteiger partial charge in [0.2, 0.25) is 0 Å². The van der Waals surface area contributed by atoms with Crippen LogP contribution in [0, 0.1) is 13.8 Å². The molecular formula is C16H16BrCl. The maximum absolute atomic E-state index is 6.54. The number of hydrogen-bond donors (Lipinski definition) is 0. The molecule has 1 atom stereocenters. The third-order valence-electron chi connectivity index (χ3n) is 3.07. The van der Waals surface area contributed by atoms with Crippen molar-refractivity contribution in [3.8, 4) is 0 Å². The maximum Gasteiger partial charge on any atom is 0.0628 e. The molecule has 2 aromatic rings. The van der Waals surface area contributed by atoms with Crippen LogP contribution in [0.4, 0.5) is 0 Å². The van der Waals surface area contributed by atoms with Crippen molar-refractivity contribution >= 4 is 27.5 Å². The predicted molar refractivity (Wildman–Crippen MR) is 82.4 cm³/mol. The van der Waals surface area contributed by atoms with E-state index < -0.39 is 0 Å². The van der Waals surface area contributed by atoms with Crippen molar-refractivity contribution in [1.82, 2.24) is 0 Å². The molecule has 0 fully saturated rings. The first-order valence-electron chi connectivity index (χ1n) is 6.02. The average molecular weight is 324 g/mol. The van der Waals surface area contributed by atoms with Crippen LogP contribution in [0.2, 0.25) is 0 Å². The second-order valence-corrected chi connectivity index (χ2v) is 6.10. The Morgan fingerprint density at radius 3 is 2.56 bits per heavy atom. The first-order chi connectivity index (χ1) is 8.56. The van der Waals surface area contributed by atoms with E-state index in [2.05, 4.69) is 60.1 Å². The van der Waals surface area contributed by atoms with Crippen LogP contribution in [0.3, 0.4) is 0 Å². The van der Waals surface area contributed by atoms with Crippen LogP contribution in [0.5, 0.6) is 0 Å². The molecule has 0 radical (unpaired) electrons. The van der Waals surface area contributed by atoms with Gasteiger partial charge in [0, 0.05) is 4.47 Å². The minimum Gasteiger partial charge on any atom is -0.117 e. The Kier molecular flexibility index (Phi) is 4.47. The molecule has 2 aromatic carbocycles. The van der Waals surface area contributed by atoms with Gasteiger partial charge in [0.1, 0.15) is 0 Å². The van der Waals surface area contributed by atoms with Gasteiger partial charge in [0.05, 0.1) is 5.38 Å². The lowest BCUT2D eigenvalue weighted by Crippen LogP contribution is -1.99. The lowest BCUT2D eigenvalue weighted by molar-refractivity contribution is 0.908. The monoisotopic (exact) mass is 322 g/mol. The van der Waals surface area contributed by atoms with E-state index in [0.717, 1.165) is 10.9 Å². The number of halogens is 2. The summed E-state index contributed by atoms with van der Waals surface area (Å²) < 4.78 is 1.10. The van der Waals surface area contributed by atoms with Crippen LogP contribution in [0.1, 0.15) is 27.6 Å². The van der Waals surface area contributed by atoms with Crippen LogP contribution in [-0.4, -0.2) is 0 Å². The lowest BCUT2D eigenvalue weighted by atomic mass is 9.98. The van der Waals surface area contributed by atoms with Crippen molar-refractivity contribution in [1.29, 1.82) is 0 Å². The fraction of sp³-hybridized carbons (Fsp3) is 0.250. The summed E-state index contributed by atoms with van der Waals surface area (Å²) in [5, 5.41) is 0.0277. The SMILES string of the molecule is Cc1ccc(C(Cl)Cc2cccc(Br)c2)c(C)c1. The van der Waals surface area contributed by atoms with Crippen LogP contribution in [-0.2, 0) is 6.42 Å². The molecule has 2 heteroatoms. The van der Waals surface area contributed by atoms with Crippen molar-refractivity contribution in [2.75, 3.05) is 0 Å². The summed E-state index contributed by atoms with van der Waals surface area (Å²) in [4.78, 5) is 0. The molecule has 0 aliphatic heterocycles. The van der Waals surface area contributed by atoms with Crippen molar-refractivity contribution < 1.29 is 0 Å². The average Bonchev–Trinajstić information content (AvgIpc) is 2.28. The Balaban J connectivity index is 2.19. The summed E-state index contributed by atoms with van der Waals surface area (Å²) in [5.41, 5.74) is 5.03. The van der Waals surface area contributed by atoms with E-state index in [-0.39, 0.29) is 5.38 Å². The quantitative estimate of drug-likeness (QED) is 0.646. The second kappa shape index (κ2) is 5.90. The van der Waals surface area contributed by atoms with E-state index in [1.807, 2.05) is 12.1 Å². The number of aryl methyl sites for hydroxylation is 2. The molecule has 0 bridgehead atoms. The van der Waals surface area contributed by atoms with E-state index in [1.165, 1.54) is 22.3 Å². The molecule has 0 aliphatic carbocycles. The van der Waals surface area contributed by atoms with Crippen LogP contribution in [0.15, 0.2) is 46.9 Å². The van der Waals surface area contributed by atoms with Gasteiger partial charge in [-0.05, 0) is 49.1 Å². The Morgan fingerprint density at radius 1 is 1.11 bits per heavy atom. The maximum atomic E-state index is 6.54. The number of benzene rings is 2. The highest BCUT2D eigenvalue weighted by Gasteiger charge is 2.11. The summed E-state index contributed by atoms with van der Waals surface area (Å²) in [5.74, 6) is 0. The molecule has 0 heterocycles. The van der Waals surface area contributed by atoms with Gasteiger partial charge in [0.15, 0.2) is 0 Å². The predicted octanol–water partition coefficient (Wildman–Crippen LogP) is 5.59. The van der Waals surface area contributed by atoms with Gasteiger partial charge in [-0.15, -0.1) is 11.6 Å². The van der Waals surface area contributed by atoms with Gasteiger partial charge in [0.25, 0.3) is 0 Å². The molecule has 2 rings (SSSR count). The zero-order valence-electron chi connectivity index (χ0n) is 10.6. The first-order valence-corrected chi connectivity index (χ1v) is 7.25. The zero-order chi connectivity index (χ0) is 13.1. The highest BCUT2D eigenvalue weighted by Crippen LogP contribution is 2.28. The second-order valence-electron chi connectivity index (χ2n) is 4.66. The van der Waals surface area contributed by atoms with E-state index in [0.29, 0.717) is 0 Å². The molecule has 0 nitrogen and oxygen atoms in total. The molecule has 0 saturated carbocycles. The topological polar surface area (TPSA) is 0 Å². The van der Waals surface area contributed by atoms with Crippen molar-refractivity contribution in [3.05, 3.63) is 69.2 Å². The van der Waals surface area contributed by atoms with Crippen LogP contribution < -0.4 is 0 Å². The largest absolute Gasteiger partial charge is 0.117 e. The Morgan fingerprint density at radius 2 is 1.89 bits per heavy atom. The van der Waals surface area contributed by atoms with Crippen molar-refractivity contribution in [2.45, 2.75) is 25.6 Å². The minimum atomic E-state index is 0.0277. The first kappa shape index (κ1) is 13.6. The summed E-state index contributed by atoms with van der Waals surface area (Å²) in [6, 6.07) is 14.8. The fourth-order valence-electron chi connectivity index (χ4n) is 2.16. The van der Waals surface area contributed by atoms with Crippen LogP contribution in [0.25, 0.3) is 0 Å². The molecule has 0 spiro atoms. The fourth-order valence-corrected chi connectivity index (χ4v) is 3.03. The van der Waals surface area contributed by atoms with E-state index in [9.17, 15) is 0 Å². The van der Waals surface area contributed by atoms with E-state index in [4.69, 9.17) is 11.6 Å². The molecule has 0 aliphatic rings. The van der Waals surface area contributed by atoms with Gasteiger partial charge < -0.3 is 0 Å². The van der Waals surface area contributed by atoms with E-state index in [1.54, 1.807) is 0 Å². The summed E-state index contributed by atoms with van der Waals surface area (Å²) >= 11 is 10.0. The molecular weight excluding hydrogens is 308 g/mol. The lowest BCUT2D eigenvalue weighted by Gasteiger charge is -2.13. The molecule has 1 unspecified atom stereocenters. The third kappa shape index (κ3) is 3.37. The summed E-state index contributed by atoms with van der Waals surface area (Å²) in [6.07, 6.45) is 0.852. The van der Waals surface area contributed by atoms with Gasteiger partial charge >= 0.3 is 0 Å². The summed E-state index contributed by atoms with van der Waals surface area (Å²) in [7, 11) is 0. The van der Waals surface area contributed by atoms with Gasteiger partial charge in [-0.25, -0.2) is 0 Å². The number of rotatable bonds is 3. The highest BCUT2D eigenvalue weighted by atomic mass is 79.9. The van der Waals surface area contributed by atoms with Gasteiger partial charge in [-0.3, -0.25) is 0 Å². The molecule has 0 aromatic heterocycles. The van der Waals surface area contributed by atoms with Crippen molar-refractivity contribution in [3.63, 3.8) is 0 Å². The van der Waals surface area contributed by atoms with Gasteiger partial charge in [-0.2, -0.15) is 0 Å². The molecule has 0 amide bonds. The Bertz CT molecular complexity index is 549. The minimum absolute atomic E-state index is 0.0277. The zero-order valence-corrected chi connectivity index (χ0v) is 12.9. The molecule has 18 heavy (non-hydrogen) atoms. The molecule has 0 N–H and O–H groups in total. The third-order valence-corrected chi connectivity index (χ3v) is 3.95. The number of alkyl halides is 1.